The Labute approximate surface area is 148 Å². The molecule has 0 spiro atoms. The highest BCUT2D eigenvalue weighted by atomic mass is 32.2. The van der Waals surface area contributed by atoms with Gasteiger partial charge in [0.2, 0.25) is 5.91 Å². The molecule has 0 bridgehead atoms. The standard InChI is InChI=1S/C16H27N3O3S2/c1-12(13(2)17)16(20)18-9-8-14-6-7-15(23-14)24(21,22)19-10-4-3-5-11-19/h6-7,12-13H,3-5,8-11,17H2,1-2H3,(H,18,20). The number of piperidine rings is 1. The van der Waals surface area contributed by atoms with Crippen LogP contribution in [0.15, 0.2) is 16.3 Å². The molecular weight excluding hydrogens is 346 g/mol. The van der Waals surface area contributed by atoms with Crippen LogP contribution in [-0.2, 0) is 21.2 Å². The maximum absolute atomic E-state index is 12.6. The van der Waals surface area contributed by atoms with Crippen molar-refractivity contribution in [3.63, 3.8) is 0 Å². The number of hydrogen-bond donors (Lipinski definition) is 2. The molecule has 2 atom stereocenters. The van der Waals surface area contributed by atoms with E-state index in [4.69, 9.17) is 5.73 Å². The van der Waals surface area contributed by atoms with Gasteiger partial charge in [0.1, 0.15) is 4.21 Å². The fourth-order valence-corrected chi connectivity index (χ4v) is 5.60. The first kappa shape index (κ1) is 19.4. The smallest absolute Gasteiger partial charge is 0.252 e. The second-order valence-electron chi connectivity index (χ2n) is 6.37. The number of nitrogens with two attached hydrogens (primary N) is 1. The van der Waals surface area contributed by atoms with E-state index in [0.717, 1.165) is 24.1 Å². The Hall–Kier alpha value is -0.960. The Morgan fingerprint density at radius 2 is 1.96 bits per heavy atom. The third-order valence-corrected chi connectivity index (χ3v) is 7.93. The zero-order chi connectivity index (χ0) is 17.7. The predicted molar refractivity (Wildman–Crippen MR) is 96.5 cm³/mol. The van der Waals surface area contributed by atoms with Crippen molar-refractivity contribution in [1.29, 1.82) is 0 Å². The number of nitrogens with one attached hydrogen (secondary N) is 1. The number of rotatable bonds is 7. The summed E-state index contributed by atoms with van der Waals surface area (Å²) < 4.78 is 27.2. The molecule has 1 aromatic heterocycles. The lowest BCUT2D eigenvalue weighted by molar-refractivity contribution is -0.124. The Bertz CT molecular complexity index is 649. The molecule has 0 saturated carbocycles. The van der Waals surface area contributed by atoms with Crippen molar-refractivity contribution in [2.45, 2.75) is 49.8 Å². The van der Waals surface area contributed by atoms with Gasteiger partial charge in [0.15, 0.2) is 0 Å². The molecule has 0 aliphatic carbocycles. The van der Waals surface area contributed by atoms with E-state index in [1.54, 1.807) is 24.2 Å². The van der Waals surface area contributed by atoms with Crippen LogP contribution >= 0.6 is 11.3 Å². The monoisotopic (exact) mass is 373 g/mol. The first-order chi connectivity index (χ1) is 11.3. The van der Waals surface area contributed by atoms with Crippen molar-refractivity contribution in [3.8, 4) is 0 Å². The molecule has 8 heteroatoms. The molecule has 0 aromatic carbocycles. The van der Waals surface area contributed by atoms with Gasteiger partial charge in [-0.3, -0.25) is 4.79 Å². The van der Waals surface area contributed by atoms with Gasteiger partial charge in [-0.1, -0.05) is 13.3 Å². The van der Waals surface area contributed by atoms with E-state index in [2.05, 4.69) is 5.32 Å². The molecule has 136 valence electrons. The molecule has 6 nitrogen and oxygen atoms in total. The summed E-state index contributed by atoms with van der Waals surface area (Å²) in [5.41, 5.74) is 5.71. The quantitative estimate of drug-likeness (QED) is 0.759. The molecule has 1 saturated heterocycles. The second-order valence-corrected chi connectivity index (χ2v) is 9.71. The molecule has 2 rings (SSSR count). The third kappa shape index (κ3) is 4.78. The van der Waals surface area contributed by atoms with Crippen molar-refractivity contribution in [2.75, 3.05) is 19.6 Å². The molecule has 24 heavy (non-hydrogen) atoms. The first-order valence-electron chi connectivity index (χ1n) is 8.44. The number of carbonyl (C=O) groups excluding carboxylic acids is 1. The van der Waals surface area contributed by atoms with Crippen molar-refractivity contribution in [3.05, 3.63) is 17.0 Å². The van der Waals surface area contributed by atoms with Gasteiger partial charge in [-0.25, -0.2) is 8.42 Å². The van der Waals surface area contributed by atoms with E-state index >= 15 is 0 Å². The first-order valence-corrected chi connectivity index (χ1v) is 10.7. The highest BCUT2D eigenvalue weighted by Gasteiger charge is 2.27. The topological polar surface area (TPSA) is 92.5 Å². The maximum Gasteiger partial charge on any atom is 0.252 e. The number of amides is 1. The number of sulfonamides is 1. The average molecular weight is 374 g/mol. The van der Waals surface area contributed by atoms with Crippen LogP contribution in [0.5, 0.6) is 0 Å². The van der Waals surface area contributed by atoms with E-state index in [1.165, 1.54) is 11.3 Å². The third-order valence-electron chi connectivity index (χ3n) is 4.42. The number of nitrogens with zero attached hydrogens (tertiary/aromatic N) is 1. The van der Waals surface area contributed by atoms with Gasteiger partial charge in [0, 0.05) is 36.5 Å². The van der Waals surface area contributed by atoms with Crippen LogP contribution in [-0.4, -0.2) is 44.3 Å². The lowest BCUT2D eigenvalue weighted by Gasteiger charge is -2.25. The van der Waals surface area contributed by atoms with Crippen molar-refractivity contribution in [1.82, 2.24) is 9.62 Å². The Balaban J connectivity index is 1.90. The minimum Gasteiger partial charge on any atom is -0.355 e. The molecule has 1 aliphatic rings. The van der Waals surface area contributed by atoms with Crippen molar-refractivity contribution < 1.29 is 13.2 Å². The summed E-state index contributed by atoms with van der Waals surface area (Å²) in [5.74, 6) is -0.300. The van der Waals surface area contributed by atoms with Crippen LogP contribution in [0.25, 0.3) is 0 Å². The normalized spacial score (nSPS) is 19.0. The van der Waals surface area contributed by atoms with Crippen LogP contribution < -0.4 is 11.1 Å². The van der Waals surface area contributed by atoms with Gasteiger partial charge in [-0.05, 0) is 38.3 Å². The molecule has 0 radical (unpaired) electrons. The van der Waals surface area contributed by atoms with Crippen LogP contribution in [0.2, 0.25) is 0 Å². The van der Waals surface area contributed by atoms with Gasteiger partial charge in [0.25, 0.3) is 10.0 Å². The average Bonchev–Trinajstić information content (AvgIpc) is 3.04. The second kappa shape index (κ2) is 8.42. The zero-order valence-corrected chi connectivity index (χ0v) is 16.0. The number of thiophene rings is 1. The fourth-order valence-electron chi connectivity index (χ4n) is 2.57. The summed E-state index contributed by atoms with van der Waals surface area (Å²) >= 11 is 1.29. The molecule has 1 aliphatic heterocycles. The maximum atomic E-state index is 12.6. The fraction of sp³-hybridized carbons (Fsp3) is 0.688. The summed E-state index contributed by atoms with van der Waals surface area (Å²) in [6, 6.07) is 3.33. The minimum atomic E-state index is -3.36. The van der Waals surface area contributed by atoms with Gasteiger partial charge >= 0.3 is 0 Å². The molecule has 1 amide bonds. The highest BCUT2D eigenvalue weighted by molar-refractivity contribution is 7.91. The Morgan fingerprint density at radius 3 is 2.58 bits per heavy atom. The number of carbonyl (C=O) groups is 1. The van der Waals surface area contributed by atoms with Gasteiger partial charge in [0.05, 0.1) is 0 Å². The van der Waals surface area contributed by atoms with Crippen LogP contribution in [0.3, 0.4) is 0 Å². The van der Waals surface area contributed by atoms with Gasteiger partial charge in [-0.15, -0.1) is 11.3 Å². The summed E-state index contributed by atoms with van der Waals surface area (Å²) in [5, 5.41) is 2.85. The highest BCUT2D eigenvalue weighted by Crippen LogP contribution is 2.27. The molecule has 3 N–H and O–H groups in total. The molecule has 2 unspecified atom stereocenters. The summed E-state index contributed by atoms with van der Waals surface area (Å²) in [6.07, 6.45) is 3.58. The lowest BCUT2D eigenvalue weighted by Crippen LogP contribution is -2.39. The van der Waals surface area contributed by atoms with Crippen molar-refractivity contribution in [2.24, 2.45) is 11.7 Å². The lowest BCUT2D eigenvalue weighted by atomic mass is 10.0. The van der Waals surface area contributed by atoms with E-state index in [1.807, 2.05) is 6.07 Å². The molecule has 1 aromatic rings. The summed E-state index contributed by atoms with van der Waals surface area (Å²) in [6.45, 7) is 5.32. The summed E-state index contributed by atoms with van der Waals surface area (Å²) in [7, 11) is -3.36. The Kier molecular flexibility index (Phi) is 6.79. The SMILES string of the molecule is CC(N)C(C)C(=O)NCCc1ccc(S(=O)(=O)N2CCCCC2)s1. The summed E-state index contributed by atoms with van der Waals surface area (Å²) in [4.78, 5) is 12.8. The largest absolute Gasteiger partial charge is 0.355 e. The number of hydrogen-bond acceptors (Lipinski definition) is 5. The van der Waals surface area contributed by atoms with Gasteiger partial charge < -0.3 is 11.1 Å². The van der Waals surface area contributed by atoms with E-state index in [0.29, 0.717) is 30.3 Å². The zero-order valence-electron chi connectivity index (χ0n) is 14.3. The van der Waals surface area contributed by atoms with E-state index in [9.17, 15) is 13.2 Å². The van der Waals surface area contributed by atoms with Gasteiger partial charge in [-0.2, -0.15) is 4.31 Å². The molecule has 1 fully saturated rings. The molecular formula is C16H27N3O3S2. The molecule has 2 heterocycles. The van der Waals surface area contributed by atoms with Crippen LogP contribution in [0, 0.1) is 5.92 Å². The minimum absolute atomic E-state index is 0.0669. The van der Waals surface area contributed by atoms with E-state index in [-0.39, 0.29) is 17.9 Å². The van der Waals surface area contributed by atoms with E-state index < -0.39 is 10.0 Å². The Morgan fingerprint density at radius 1 is 1.29 bits per heavy atom. The van der Waals surface area contributed by atoms with Crippen molar-refractivity contribution >= 4 is 27.3 Å². The van der Waals surface area contributed by atoms with Crippen LogP contribution in [0.4, 0.5) is 0 Å². The predicted octanol–water partition coefficient (Wildman–Crippen LogP) is 1.56. The van der Waals surface area contributed by atoms with Crippen LogP contribution in [0.1, 0.15) is 38.0 Å².